The summed E-state index contributed by atoms with van der Waals surface area (Å²) in [5.41, 5.74) is 5.37. The number of allylic oxidation sites excluding steroid dienone is 10. The summed E-state index contributed by atoms with van der Waals surface area (Å²) in [6.45, 7) is 3.63. The lowest BCUT2D eigenvalue weighted by molar-refractivity contribution is -0.161. The first-order valence-electron chi connectivity index (χ1n) is 26.8. The number of carbonyl (C=O) groups is 2. The molecule has 378 valence electrons. The molecule has 0 aromatic heterocycles. The SMILES string of the molecule is CC/C=C\C/C=C\C/C=C\C/C=C\CCCCCCCCC(=O)OC(COC(=O)CCCCCCCCCCCCCCC/C=C\CCCCCCCCCC)COP(=O)(O)OCCN. The van der Waals surface area contributed by atoms with E-state index in [1.54, 1.807) is 0 Å². The Kier molecular flexibility index (Phi) is 49.3. The van der Waals surface area contributed by atoms with Crippen LogP contribution in [0.3, 0.4) is 0 Å². The highest BCUT2D eigenvalue weighted by atomic mass is 31.2. The maximum Gasteiger partial charge on any atom is 0.472 e. The molecule has 0 rings (SSSR count). The van der Waals surface area contributed by atoms with E-state index in [1.807, 2.05) is 0 Å². The van der Waals surface area contributed by atoms with Crippen molar-refractivity contribution < 1.29 is 37.6 Å². The monoisotopic (exact) mass is 934 g/mol. The van der Waals surface area contributed by atoms with E-state index >= 15 is 0 Å². The number of esters is 2. The van der Waals surface area contributed by atoms with Gasteiger partial charge in [0, 0.05) is 19.4 Å². The fourth-order valence-corrected chi connectivity index (χ4v) is 8.21. The molecule has 0 spiro atoms. The van der Waals surface area contributed by atoms with Crippen LogP contribution in [-0.4, -0.2) is 49.3 Å². The van der Waals surface area contributed by atoms with Crippen molar-refractivity contribution >= 4 is 19.8 Å². The maximum absolute atomic E-state index is 12.7. The average Bonchev–Trinajstić information content (AvgIpc) is 3.30. The van der Waals surface area contributed by atoms with Crippen LogP contribution in [0.1, 0.15) is 245 Å². The summed E-state index contributed by atoms with van der Waals surface area (Å²) in [7, 11) is -4.39. The highest BCUT2D eigenvalue weighted by molar-refractivity contribution is 7.47. The number of hydrogen-bond acceptors (Lipinski definition) is 8. The van der Waals surface area contributed by atoms with Gasteiger partial charge in [-0.15, -0.1) is 0 Å². The molecule has 0 fully saturated rings. The molecule has 2 atom stereocenters. The molecule has 0 saturated heterocycles. The molecule has 0 radical (unpaired) electrons. The molecule has 9 nitrogen and oxygen atoms in total. The lowest BCUT2D eigenvalue weighted by atomic mass is 10.0. The third-order valence-electron chi connectivity index (χ3n) is 11.4. The van der Waals surface area contributed by atoms with Gasteiger partial charge in [0.1, 0.15) is 6.61 Å². The summed E-state index contributed by atoms with van der Waals surface area (Å²) in [6, 6.07) is 0. The van der Waals surface area contributed by atoms with Crippen LogP contribution in [-0.2, 0) is 32.7 Å². The van der Waals surface area contributed by atoms with Crippen LogP contribution in [0.4, 0.5) is 0 Å². The minimum Gasteiger partial charge on any atom is -0.462 e. The first kappa shape index (κ1) is 62.7. The molecular weight excluding hydrogens is 834 g/mol. The molecule has 0 aliphatic rings. The molecule has 0 aliphatic heterocycles. The predicted molar refractivity (Wildman–Crippen MR) is 275 cm³/mol. The van der Waals surface area contributed by atoms with Crippen molar-refractivity contribution in [3.63, 3.8) is 0 Å². The van der Waals surface area contributed by atoms with Gasteiger partial charge in [-0.1, -0.05) is 216 Å². The van der Waals surface area contributed by atoms with Gasteiger partial charge >= 0.3 is 19.8 Å². The molecule has 0 aromatic rings. The summed E-state index contributed by atoms with van der Waals surface area (Å²) < 4.78 is 33.0. The van der Waals surface area contributed by atoms with Gasteiger partial charge in [0.15, 0.2) is 6.10 Å². The summed E-state index contributed by atoms with van der Waals surface area (Å²) in [6.07, 6.45) is 62.7. The molecule has 0 amide bonds. The second kappa shape index (κ2) is 51.1. The number of hydrogen-bond donors (Lipinski definition) is 2. The van der Waals surface area contributed by atoms with Crippen molar-refractivity contribution in [3.05, 3.63) is 60.8 Å². The molecule has 0 aliphatic carbocycles. The largest absolute Gasteiger partial charge is 0.472 e. The van der Waals surface area contributed by atoms with Gasteiger partial charge in [-0.05, 0) is 77.0 Å². The Balaban J connectivity index is 4.01. The third kappa shape index (κ3) is 51.0. The smallest absolute Gasteiger partial charge is 0.462 e. The lowest BCUT2D eigenvalue weighted by Gasteiger charge is -2.19. The van der Waals surface area contributed by atoms with E-state index in [0.717, 1.165) is 83.5 Å². The van der Waals surface area contributed by atoms with E-state index in [-0.39, 0.29) is 38.6 Å². The molecule has 0 heterocycles. The highest BCUT2D eigenvalue weighted by Crippen LogP contribution is 2.43. The van der Waals surface area contributed by atoms with E-state index in [0.29, 0.717) is 6.42 Å². The van der Waals surface area contributed by atoms with E-state index in [1.165, 1.54) is 128 Å². The first-order chi connectivity index (χ1) is 31.8. The predicted octanol–water partition coefficient (Wildman–Crippen LogP) is 16.4. The molecule has 0 saturated carbocycles. The zero-order valence-corrected chi connectivity index (χ0v) is 42.9. The van der Waals surface area contributed by atoms with Crippen LogP contribution < -0.4 is 5.73 Å². The van der Waals surface area contributed by atoms with Crippen molar-refractivity contribution in [2.24, 2.45) is 5.73 Å². The zero-order valence-electron chi connectivity index (χ0n) is 42.0. The Labute approximate surface area is 399 Å². The quantitative estimate of drug-likeness (QED) is 0.0265. The van der Waals surface area contributed by atoms with Crippen LogP contribution in [0.25, 0.3) is 0 Å². The number of ether oxygens (including phenoxy) is 2. The van der Waals surface area contributed by atoms with Crippen molar-refractivity contribution in [3.8, 4) is 0 Å². The van der Waals surface area contributed by atoms with Crippen LogP contribution >= 0.6 is 7.82 Å². The Morgan fingerprint density at radius 3 is 1.28 bits per heavy atom. The van der Waals surface area contributed by atoms with E-state index in [4.69, 9.17) is 24.3 Å². The number of carbonyl (C=O) groups excluding carboxylic acids is 2. The molecular formula is C55H100NO8P. The number of nitrogens with two attached hydrogens (primary N) is 1. The Hall–Kier alpha value is -2.29. The van der Waals surface area contributed by atoms with Crippen LogP contribution in [0.15, 0.2) is 60.8 Å². The maximum atomic E-state index is 12.7. The molecule has 10 heteroatoms. The molecule has 3 N–H and O–H groups in total. The van der Waals surface area contributed by atoms with E-state index in [2.05, 4.69) is 74.6 Å². The second-order valence-electron chi connectivity index (χ2n) is 17.7. The van der Waals surface area contributed by atoms with Crippen LogP contribution in [0, 0.1) is 0 Å². The molecule has 0 bridgehead atoms. The number of phosphoric acid groups is 1. The fourth-order valence-electron chi connectivity index (χ4n) is 7.45. The average molecular weight is 934 g/mol. The van der Waals surface area contributed by atoms with Crippen LogP contribution in [0.2, 0.25) is 0 Å². The van der Waals surface area contributed by atoms with E-state index in [9.17, 15) is 19.0 Å². The number of unbranched alkanes of at least 4 members (excludes halogenated alkanes) is 27. The van der Waals surface area contributed by atoms with Gasteiger partial charge in [0.25, 0.3) is 0 Å². The normalized spacial score (nSPS) is 13.6. The molecule has 65 heavy (non-hydrogen) atoms. The minimum absolute atomic E-state index is 0.0490. The van der Waals surface area contributed by atoms with Gasteiger partial charge in [-0.25, -0.2) is 4.57 Å². The van der Waals surface area contributed by atoms with Crippen LogP contribution in [0.5, 0.6) is 0 Å². The van der Waals surface area contributed by atoms with Gasteiger partial charge in [0.2, 0.25) is 0 Å². The van der Waals surface area contributed by atoms with Gasteiger partial charge in [-0.3, -0.25) is 18.6 Å². The van der Waals surface area contributed by atoms with Crippen molar-refractivity contribution in [1.82, 2.24) is 0 Å². The Morgan fingerprint density at radius 2 is 0.846 bits per heavy atom. The topological polar surface area (TPSA) is 134 Å². The Bertz CT molecular complexity index is 1250. The number of phosphoric ester groups is 1. The van der Waals surface area contributed by atoms with Crippen molar-refractivity contribution in [2.45, 2.75) is 251 Å². The summed E-state index contributed by atoms with van der Waals surface area (Å²) in [5.74, 6) is -0.840. The second-order valence-corrected chi connectivity index (χ2v) is 19.2. The molecule has 2 unspecified atom stereocenters. The fraction of sp³-hybridized carbons (Fsp3) is 0.782. The van der Waals surface area contributed by atoms with E-state index < -0.39 is 26.5 Å². The van der Waals surface area contributed by atoms with Gasteiger partial charge < -0.3 is 20.1 Å². The van der Waals surface area contributed by atoms with Crippen molar-refractivity contribution in [1.29, 1.82) is 0 Å². The third-order valence-corrected chi connectivity index (χ3v) is 12.4. The minimum atomic E-state index is -4.39. The van der Waals surface area contributed by atoms with Crippen molar-refractivity contribution in [2.75, 3.05) is 26.4 Å². The zero-order chi connectivity index (χ0) is 47.4. The molecule has 0 aromatic carbocycles. The number of rotatable bonds is 50. The summed E-state index contributed by atoms with van der Waals surface area (Å²) >= 11 is 0. The summed E-state index contributed by atoms with van der Waals surface area (Å²) in [5, 5.41) is 0. The lowest BCUT2D eigenvalue weighted by Crippen LogP contribution is -2.29. The highest BCUT2D eigenvalue weighted by Gasteiger charge is 2.26. The standard InChI is InChI=1S/C55H100NO8P/c1-3-5-7-9-11-13-15-17-19-21-23-24-25-26-27-28-30-31-33-35-37-39-41-43-45-47-54(57)61-51-53(52-63-65(59,60)62-50-49-56)64-55(58)48-46-44-42-40-38-36-34-32-29-22-20-18-16-14-12-10-8-6-4-2/h6,8,12,14,18,20-21,23,29,32,53H,3-5,7,9-11,13,15-17,19,22,24-28,30-31,33-52,56H2,1-2H3,(H,59,60)/b8-6-,14-12-,20-18-,23-21-,32-29-. The summed E-state index contributed by atoms with van der Waals surface area (Å²) in [4.78, 5) is 35.1. The van der Waals surface area contributed by atoms with Gasteiger partial charge in [-0.2, -0.15) is 0 Å². The Morgan fingerprint density at radius 1 is 0.477 bits per heavy atom. The first-order valence-corrected chi connectivity index (χ1v) is 28.3. The van der Waals surface area contributed by atoms with Gasteiger partial charge in [0.05, 0.1) is 13.2 Å².